The molecule has 0 bridgehead atoms. The van der Waals surface area contributed by atoms with Gasteiger partial charge in [-0.1, -0.05) is 61.7 Å². The quantitative estimate of drug-likeness (QED) is 0.685. The Bertz CT molecular complexity index is 336. The van der Waals surface area contributed by atoms with Gasteiger partial charge in [-0.25, -0.2) is 0 Å². The molecule has 18 heavy (non-hydrogen) atoms. The summed E-state index contributed by atoms with van der Waals surface area (Å²) in [6.07, 6.45) is 5.03. The third-order valence-electron chi connectivity index (χ3n) is 3.17. The van der Waals surface area contributed by atoms with Crippen molar-refractivity contribution in [2.24, 2.45) is 5.92 Å². The van der Waals surface area contributed by atoms with Crippen LogP contribution in [0.15, 0.2) is 28.7 Å². The summed E-state index contributed by atoms with van der Waals surface area (Å²) in [5.74, 6) is 0.805. The van der Waals surface area contributed by atoms with Gasteiger partial charge in [0.25, 0.3) is 0 Å². The molecule has 102 valence electrons. The lowest BCUT2D eigenvalue weighted by atomic mass is 9.98. The van der Waals surface area contributed by atoms with E-state index in [4.69, 9.17) is 0 Å². The van der Waals surface area contributed by atoms with Gasteiger partial charge in [0.15, 0.2) is 0 Å². The average molecular weight is 312 g/mol. The molecule has 1 atom stereocenters. The second kappa shape index (κ2) is 8.71. The first kappa shape index (κ1) is 15.7. The Hall–Kier alpha value is -0.340. The molecule has 0 spiro atoms. The summed E-state index contributed by atoms with van der Waals surface area (Å²) in [7, 11) is 0. The zero-order valence-corrected chi connectivity index (χ0v) is 13.5. The summed E-state index contributed by atoms with van der Waals surface area (Å²) < 4.78 is 1.17. The molecule has 0 radical (unpaired) electrons. The van der Waals surface area contributed by atoms with Crippen LogP contribution < -0.4 is 5.32 Å². The molecule has 0 amide bonds. The second-order valence-electron chi connectivity index (χ2n) is 5.39. The van der Waals surface area contributed by atoms with Crippen LogP contribution in [0.4, 0.5) is 0 Å². The van der Waals surface area contributed by atoms with Crippen molar-refractivity contribution in [1.82, 2.24) is 5.32 Å². The van der Waals surface area contributed by atoms with Gasteiger partial charge >= 0.3 is 0 Å². The molecule has 1 unspecified atom stereocenters. The number of benzene rings is 1. The van der Waals surface area contributed by atoms with Crippen molar-refractivity contribution in [2.45, 2.75) is 52.5 Å². The zero-order chi connectivity index (χ0) is 13.4. The van der Waals surface area contributed by atoms with Gasteiger partial charge in [-0.3, -0.25) is 0 Å². The summed E-state index contributed by atoms with van der Waals surface area (Å²) in [5, 5.41) is 3.67. The number of halogens is 1. The predicted molar refractivity (Wildman–Crippen MR) is 83.9 cm³/mol. The molecule has 0 aliphatic rings. The van der Waals surface area contributed by atoms with Crippen LogP contribution in [0.2, 0.25) is 0 Å². The Morgan fingerprint density at radius 3 is 2.61 bits per heavy atom. The number of hydrogen-bond acceptors (Lipinski definition) is 1. The zero-order valence-electron chi connectivity index (χ0n) is 11.9. The minimum absolute atomic E-state index is 0.501. The van der Waals surface area contributed by atoms with E-state index in [0.29, 0.717) is 6.04 Å². The first-order chi connectivity index (χ1) is 8.63. The van der Waals surface area contributed by atoms with Gasteiger partial charge in [0.1, 0.15) is 0 Å². The smallest absolute Gasteiger partial charge is 0.0320 e. The predicted octanol–water partition coefficient (Wildman–Crippen LogP) is 5.32. The molecule has 1 N–H and O–H groups in total. The fourth-order valence-corrected chi connectivity index (χ4v) is 2.58. The van der Waals surface area contributed by atoms with E-state index < -0.39 is 0 Å². The fraction of sp³-hybridized carbons (Fsp3) is 0.625. The summed E-state index contributed by atoms with van der Waals surface area (Å²) in [6.45, 7) is 7.92. The highest BCUT2D eigenvalue weighted by atomic mass is 79.9. The Labute approximate surface area is 120 Å². The van der Waals surface area contributed by atoms with Gasteiger partial charge in [0.2, 0.25) is 0 Å². The third kappa shape index (κ3) is 6.01. The van der Waals surface area contributed by atoms with Crippen LogP contribution >= 0.6 is 15.9 Å². The summed E-state index contributed by atoms with van der Waals surface area (Å²) >= 11 is 3.56. The van der Waals surface area contributed by atoms with E-state index in [-0.39, 0.29) is 0 Å². The normalized spacial score (nSPS) is 12.9. The highest BCUT2D eigenvalue weighted by molar-refractivity contribution is 9.10. The van der Waals surface area contributed by atoms with E-state index in [1.165, 1.54) is 35.7 Å². The molecule has 1 rings (SSSR count). The Morgan fingerprint density at radius 1 is 1.22 bits per heavy atom. The monoisotopic (exact) mass is 311 g/mol. The summed E-state index contributed by atoms with van der Waals surface area (Å²) in [5.41, 5.74) is 1.40. The van der Waals surface area contributed by atoms with Crippen LogP contribution in [0.5, 0.6) is 0 Å². The number of hydrogen-bond donors (Lipinski definition) is 1. The standard InChI is InChI=1S/C16H26BrN/c1-4-11-18-16(10-5-7-13(2)3)14-8-6-9-15(17)12-14/h6,8-9,12-13,16,18H,4-5,7,10-11H2,1-3H3. The fourth-order valence-electron chi connectivity index (χ4n) is 2.16. The summed E-state index contributed by atoms with van der Waals surface area (Å²) in [4.78, 5) is 0. The second-order valence-corrected chi connectivity index (χ2v) is 6.30. The van der Waals surface area contributed by atoms with E-state index in [1.807, 2.05) is 0 Å². The van der Waals surface area contributed by atoms with Crippen molar-refractivity contribution in [3.8, 4) is 0 Å². The van der Waals surface area contributed by atoms with Crippen LogP contribution in [0.1, 0.15) is 58.1 Å². The van der Waals surface area contributed by atoms with Crippen LogP contribution in [-0.2, 0) is 0 Å². The maximum atomic E-state index is 3.67. The molecular weight excluding hydrogens is 286 g/mol. The lowest BCUT2D eigenvalue weighted by Crippen LogP contribution is -2.22. The van der Waals surface area contributed by atoms with E-state index in [2.05, 4.69) is 66.3 Å². The van der Waals surface area contributed by atoms with Crippen LogP contribution in [-0.4, -0.2) is 6.54 Å². The van der Waals surface area contributed by atoms with E-state index in [1.54, 1.807) is 0 Å². The third-order valence-corrected chi connectivity index (χ3v) is 3.66. The molecule has 1 nitrogen and oxygen atoms in total. The molecule has 0 aliphatic heterocycles. The van der Waals surface area contributed by atoms with E-state index in [9.17, 15) is 0 Å². The van der Waals surface area contributed by atoms with Gasteiger partial charge in [-0.15, -0.1) is 0 Å². The molecule has 1 aromatic rings. The van der Waals surface area contributed by atoms with Gasteiger partial charge in [-0.2, -0.15) is 0 Å². The Kier molecular flexibility index (Phi) is 7.60. The largest absolute Gasteiger partial charge is 0.310 e. The highest BCUT2D eigenvalue weighted by Crippen LogP contribution is 2.23. The van der Waals surface area contributed by atoms with E-state index in [0.717, 1.165) is 12.5 Å². The van der Waals surface area contributed by atoms with Gasteiger partial charge in [0.05, 0.1) is 0 Å². The molecule has 0 aromatic heterocycles. The maximum absolute atomic E-state index is 3.67. The molecule has 0 fully saturated rings. The van der Waals surface area contributed by atoms with Crippen molar-refractivity contribution in [1.29, 1.82) is 0 Å². The van der Waals surface area contributed by atoms with Crippen molar-refractivity contribution < 1.29 is 0 Å². The van der Waals surface area contributed by atoms with E-state index >= 15 is 0 Å². The first-order valence-corrected chi connectivity index (χ1v) is 7.91. The summed E-state index contributed by atoms with van der Waals surface area (Å²) in [6, 6.07) is 9.19. The average Bonchev–Trinajstić information content (AvgIpc) is 2.33. The van der Waals surface area contributed by atoms with Crippen molar-refractivity contribution in [3.63, 3.8) is 0 Å². The van der Waals surface area contributed by atoms with Gasteiger partial charge in [0, 0.05) is 10.5 Å². The highest BCUT2D eigenvalue weighted by Gasteiger charge is 2.10. The molecule has 0 saturated carbocycles. The molecular formula is C16H26BrN. The Morgan fingerprint density at radius 2 is 2.00 bits per heavy atom. The molecule has 0 aliphatic carbocycles. The van der Waals surface area contributed by atoms with Gasteiger partial charge in [-0.05, 0) is 43.0 Å². The molecule has 0 saturated heterocycles. The molecule has 1 aromatic carbocycles. The first-order valence-electron chi connectivity index (χ1n) is 7.12. The van der Waals surface area contributed by atoms with Crippen molar-refractivity contribution >= 4 is 15.9 Å². The molecule has 2 heteroatoms. The maximum Gasteiger partial charge on any atom is 0.0320 e. The number of nitrogens with one attached hydrogen (secondary N) is 1. The van der Waals surface area contributed by atoms with Crippen LogP contribution in [0.3, 0.4) is 0 Å². The lowest BCUT2D eigenvalue weighted by molar-refractivity contribution is 0.447. The molecule has 0 heterocycles. The lowest BCUT2D eigenvalue weighted by Gasteiger charge is -2.19. The van der Waals surface area contributed by atoms with Crippen molar-refractivity contribution in [2.75, 3.05) is 6.54 Å². The minimum Gasteiger partial charge on any atom is -0.310 e. The van der Waals surface area contributed by atoms with Gasteiger partial charge < -0.3 is 5.32 Å². The van der Waals surface area contributed by atoms with Crippen molar-refractivity contribution in [3.05, 3.63) is 34.3 Å². The van der Waals surface area contributed by atoms with Crippen LogP contribution in [0, 0.1) is 5.92 Å². The topological polar surface area (TPSA) is 12.0 Å². The number of rotatable bonds is 8. The van der Waals surface area contributed by atoms with Crippen LogP contribution in [0.25, 0.3) is 0 Å². The SMILES string of the molecule is CCCNC(CCCC(C)C)c1cccc(Br)c1. The minimum atomic E-state index is 0.501. The Balaban J connectivity index is 2.59.